The minimum atomic E-state index is -0.00421. The summed E-state index contributed by atoms with van der Waals surface area (Å²) in [5.74, 6) is 1.87. The van der Waals surface area contributed by atoms with Crippen molar-refractivity contribution in [3.05, 3.63) is 47.6 Å². The molecule has 2 aliphatic rings. The van der Waals surface area contributed by atoms with E-state index in [1.807, 2.05) is 0 Å². The number of benzene rings is 1. The van der Waals surface area contributed by atoms with Crippen molar-refractivity contribution in [1.82, 2.24) is 20.4 Å². The summed E-state index contributed by atoms with van der Waals surface area (Å²) < 4.78 is 5.48. The number of nitrogens with one attached hydrogen (secondary N) is 1. The lowest BCUT2D eigenvalue weighted by Crippen LogP contribution is -2.27. The maximum absolute atomic E-state index is 10.9. The van der Waals surface area contributed by atoms with Gasteiger partial charge in [0, 0.05) is 37.9 Å². The molecule has 1 aromatic carbocycles. The van der Waals surface area contributed by atoms with E-state index in [4.69, 9.17) is 4.52 Å². The number of rotatable bonds is 6. The van der Waals surface area contributed by atoms with Crippen molar-refractivity contribution < 1.29 is 9.32 Å². The van der Waals surface area contributed by atoms with E-state index >= 15 is 0 Å². The summed E-state index contributed by atoms with van der Waals surface area (Å²) in [4.78, 5) is 18.2. The predicted octanol–water partition coefficient (Wildman–Crippen LogP) is 2.83. The molecule has 1 amide bonds. The molecule has 6 heteroatoms. The number of carbonyl (C=O) groups is 1. The highest BCUT2D eigenvalue weighted by atomic mass is 16.5. The summed E-state index contributed by atoms with van der Waals surface area (Å²) in [6.45, 7) is 3.33. The molecule has 1 N–H and O–H groups in total. The summed E-state index contributed by atoms with van der Waals surface area (Å²) in [6.07, 6.45) is 5.02. The van der Waals surface area contributed by atoms with Crippen molar-refractivity contribution >= 4 is 5.91 Å². The quantitative estimate of drug-likeness (QED) is 0.808. The number of amides is 1. The summed E-state index contributed by atoms with van der Waals surface area (Å²) >= 11 is 0. The average Bonchev–Trinajstić information content (AvgIpc) is 3.35. The normalized spacial score (nSPS) is 25.3. The molecule has 2 fully saturated rings. The minimum Gasteiger partial charge on any atom is -0.356 e. The van der Waals surface area contributed by atoms with E-state index < -0.39 is 0 Å². The second-order valence-corrected chi connectivity index (χ2v) is 7.35. The van der Waals surface area contributed by atoms with Crippen LogP contribution >= 0.6 is 0 Å². The first-order valence-corrected chi connectivity index (χ1v) is 9.60. The van der Waals surface area contributed by atoms with Gasteiger partial charge in [0.25, 0.3) is 0 Å². The fourth-order valence-electron chi connectivity index (χ4n) is 4.47. The molecule has 4 rings (SSSR count). The first-order chi connectivity index (χ1) is 12.7. The lowest BCUT2D eigenvalue weighted by Gasteiger charge is -2.24. The molecule has 0 radical (unpaired) electrons. The zero-order valence-corrected chi connectivity index (χ0v) is 15.2. The molecule has 1 aromatic heterocycles. The largest absolute Gasteiger partial charge is 0.356 e. The van der Waals surface area contributed by atoms with E-state index in [0.29, 0.717) is 36.9 Å². The van der Waals surface area contributed by atoms with E-state index in [-0.39, 0.29) is 5.91 Å². The highest BCUT2D eigenvalue weighted by Gasteiger charge is 2.46. The van der Waals surface area contributed by atoms with Gasteiger partial charge < -0.3 is 9.84 Å². The van der Waals surface area contributed by atoms with E-state index in [0.717, 1.165) is 25.2 Å². The molecule has 0 spiro atoms. The molecule has 6 nitrogen and oxygen atoms in total. The van der Waals surface area contributed by atoms with Crippen LogP contribution in [-0.2, 0) is 11.2 Å². The Kier molecular flexibility index (Phi) is 5.02. The van der Waals surface area contributed by atoms with Gasteiger partial charge in [-0.15, -0.1) is 0 Å². The monoisotopic (exact) mass is 354 g/mol. The number of hydrogen-bond donors (Lipinski definition) is 1. The van der Waals surface area contributed by atoms with Gasteiger partial charge in [0.15, 0.2) is 5.82 Å². The van der Waals surface area contributed by atoms with E-state index in [9.17, 15) is 4.79 Å². The van der Waals surface area contributed by atoms with Gasteiger partial charge in [-0.1, -0.05) is 35.5 Å². The molecule has 2 aromatic rings. The van der Waals surface area contributed by atoms with E-state index in [2.05, 4.69) is 50.7 Å². The van der Waals surface area contributed by atoms with Gasteiger partial charge in [-0.05, 0) is 37.8 Å². The first-order valence-electron chi connectivity index (χ1n) is 9.60. The van der Waals surface area contributed by atoms with Gasteiger partial charge >= 0.3 is 0 Å². The molecule has 2 saturated heterocycles. The molecule has 0 aliphatic carbocycles. The van der Waals surface area contributed by atoms with Crippen LogP contribution in [0.4, 0.5) is 0 Å². The number of nitrogens with zero attached hydrogens (tertiary/aromatic N) is 3. The zero-order valence-electron chi connectivity index (χ0n) is 15.2. The maximum Gasteiger partial charge on any atom is 0.226 e. The topological polar surface area (TPSA) is 71.3 Å². The van der Waals surface area contributed by atoms with Crippen LogP contribution in [0.25, 0.3) is 0 Å². The Morgan fingerprint density at radius 2 is 2.19 bits per heavy atom. The third-order valence-electron chi connectivity index (χ3n) is 5.63. The standard InChI is InChI=1S/C20H26N4O2/c1-14(25)21-11-5-10-19-22-20(23-26-19)16-13-18(15-7-3-2-4-8-15)24-12-6-9-17(16)24/h2-4,7-8,16-18H,5-6,9-13H2,1H3,(H,21,25)/t16?,17-,18?/m0/s1. The molecule has 2 unspecified atom stereocenters. The molecule has 0 saturated carbocycles. The molecule has 0 bridgehead atoms. The van der Waals surface area contributed by atoms with Gasteiger partial charge in [0.2, 0.25) is 11.8 Å². The van der Waals surface area contributed by atoms with Crippen LogP contribution in [0.3, 0.4) is 0 Å². The van der Waals surface area contributed by atoms with Crippen molar-refractivity contribution in [2.24, 2.45) is 0 Å². The Balaban J connectivity index is 1.44. The minimum absolute atomic E-state index is 0.00421. The van der Waals surface area contributed by atoms with Gasteiger partial charge in [0.1, 0.15) is 0 Å². The average molecular weight is 354 g/mol. The molecule has 3 heterocycles. The molecule has 138 valence electrons. The molecule has 26 heavy (non-hydrogen) atoms. The highest BCUT2D eigenvalue weighted by molar-refractivity contribution is 5.72. The SMILES string of the molecule is CC(=O)NCCCc1nc(C2CC(c3ccccc3)N3CCC[C@@H]23)no1. The van der Waals surface area contributed by atoms with Crippen molar-refractivity contribution in [2.75, 3.05) is 13.1 Å². The summed E-state index contributed by atoms with van der Waals surface area (Å²) in [5, 5.41) is 7.10. The molecule has 3 atom stereocenters. The second-order valence-electron chi connectivity index (χ2n) is 7.35. The van der Waals surface area contributed by atoms with Gasteiger partial charge in [0.05, 0.1) is 0 Å². The fraction of sp³-hybridized carbons (Fsp3) is 0.550. The van der Waals surface area contributed by atoms with E-state index in [1.54, 1.807) is 0 Å². The number of aromatic nitrogens is 2. The van der Waals surface area contributed by atoms with Crippen LogP contribution in [-0.4, -0.2) is 40.1 Å². The Morgan fingerprint density at radius 1 is 1.35 bits per heavy atom. The number of carbonyl (C=O) groups excluding carboxylic acids is 1. The molecular weight excluding hydrogens is 328 g/mol. The zero-order chi connectivity index (χ0) is 17.9. The van der Waals surface area contributed by atoms with Gasteiger partial charge in [-0.2, -0.15) is 4.98 Å². The summed E-state index contributed by atoms with van der Waals surface area (Å²) in [5.41, 5.74) is 1.39. The predicted molar refractivity (Wildman–Crippen MR) is 97.6 cm³/mol. The van der Waals surface area contributed by atoms with Crippen LogP contribution in [0.15, 0.2) is 34.9 Å². The van der Waals surface area contributed by atoms with Gasteiger partial charge in [-0.25, -0.2) is 0 Å². The maximum atomic E-state index is 10.9. The lowest BCUT2D eigenvalue weighted by atomic mass is 9.94. The Morgan fingerprint density at radius 3 is 3.00 bits per heavy atom. The van der Waals surface area contributed by atoms with Crippen LogP contribution in [0.1, 0.15) is 61.8 Å². The second kappa shape index (κ2) is 7.58. The van der Waals surface area contributed by atoms with Crippen LogP contribution < -0.4 is 5.32 Å². The summed E-state index contributed by atoms with van der Waals surface area (Å²) in [7, 11) is 0. The highest BCUT2D eigenvalue weighted by Crippen LogP contribution is 2.48. The first kappa shape index (κ1) is 17.2. The third kappa shape index (κ3) is 3.51. The number of aryl methyl sites for hydroxylation is 1. The molecular formula is C20H26N4O2. The summed E-state index contributed by atoms with van der Waals surface area (Å²) in [6, 6.07) is 11.7. The Hall–Kier alpha value is -2.21. The van der Waals surface area contributed by atoms with Crippen molar-refractivity contribution in [1.29, 1.82) is 0 Å². The lowest BCUT2D eigenvalue weighted by molar-refractivity contribution is -0.118. The third-order valence-corrected chi connectivity index (χ3v) is 5.63. The smallest absolute Gasteiger partial charge is 0.226 e. The van der Waals surface area contributed by atoms with Crippen molar-refractivity contribution in [3.8, 4) is 0 Å². The van der Waals surface area contributed by atoms with E-state index in [1.165, 1.54) is 25.3 Å². The Labute approximate surface area is 154 Å². The number of hydrogen-bond acceptors (Lipinski definition) is 5. The van der Waals surface area contributed by atoms with Crippen molar-refractivity contribution in [3.63, 3.8) is 0 Å². The Bertz CT molecular complexity index is 745. The van der Waals surface area contributed by atoms with Crippen LogP contribution in [0.2, 0.25) is 0 Å². The van der Waals surface area contributed by atoms with Crippen molar-refractivity contribution in [2.45, 2.75) is 57.0 Å². The fourth-order valence-corrected chi connectivity index (χ4v) is 4.47. The number of fused-ring (bicyclic) bond motifs is 1. The molecule has 2 aliphatic heterocycles. The van der Waals surface area contributed by atoms with Gasteiger partial charge in [-0.3, -0.25) is 9.69 Å². The van der Waals surface area contributed by atoms with Crippen LogP contribution in [0, 0.1) is 0 Å². The van der Waals surface area contributed by atoms with Crippen LogP contribution in [0.5, 0.6) is 0 Å².